The fourth-order valence-electron chi connectivity index (χ4n) is 3.06. The van der Waals surface area contributed by atoms with Gasteiger partial charge in [0.25, 0.3) is 5.91 Å². The highest BCUT2D eigenvalue weighted by molar-refractivity contribution is 7.92. The third kappa shape index (κ3) is 5.68. The molecule has 2 heterocycles. The van der Waals surface area contributed by atoms with Crippen LogP contribution in [0.15, 0.2) is 47.5 Å². The number of anilines is 2. The molecule has 2 bridgehead atoms. The monoisotopic (exact) mass is 489 g/mol. The van der Waals surface area contributed by atoms with Crippen LogP contribution in [0, 0.1) is 0 Å². The molecule has 0 unspecified atom stereocenters. The number of rotatable bonds is 3. The Morgan fingerprint density at radius 2 is 1.88 bits per heavy atom. The minimum Gasteiger partial charge on any atom is -0.311 e. The predicted molar refractivity (Wildman–Crippen MR) is 115 cm³/mol. The second-order valence-corrected chi connectivity index (χ2v) is 9.83. The van der Waals surface area contributed by atoms with E-state index in [1.807, 2.05) is 0 Å². The SMILES string of the molecule is CC1(C)CN=C(NC(=O)c2ccc(Cl)cc2)Nc2cccc(n2)N1S(=O)(=O)CC(F)(F)F. The van der Waals surface area contributed by atoms with Crippen LogP contribution >= 0.6 is 11.6 Å². The second kappa shape index (κ2) is 8.58. The molecule has 1 aliphatic heterocycles. The Labute approximate surface area is 187 Å². The molecule has 1 aromatic heterocycles. The van der Waals surface area contributed by atoms with E-state index in [9.17, 15) is 26.4 Å². The summed E-state index contributed by atoms with van der Waals surface area (Å²) in [6, 6.07) is 10.3. The molecule has 8 nitrogen and oxygen atoms in total. The van der Waals surface area contributed by atoms with Crippen LogP contribution in [0.25, 0.3) is 0 Å². The summed E-state index contributed by atoms with van der Waals surface area (Å²) in [6.07, 6.45) is -4.94. The lowest BCUT2D eigenvalue weighted by Crippen LogP contribution is -2.53. The van der Waals surface area contributed by atoms with Crippen LogP contribution in [-0.2, 0) is 10.0 Å². The van der Waals surface area contributed by atoms with Crippen LogP contribution in [0.2, 0.25) is 5.02 Å². The number of carbonyl (C=O) groups excluding carboxylic acids is 1. The van der Waals surface area contributed by atoms with E-state index in [0.717, 1.165) is 0 Å². The molecule has 0 spiro atoms. The smallest absolute Gasteiger partial charge is 0.311 e. The van der Waals surface area contributed by atoms with E-state index in [1.165, 1.54) is 56.3 Å². The van der Waals surface area contributed by atoms with E-state index in [4.69, 9.17) is 11.6 Å². The van der Waals surface area contributed by atoms with E-state index >= 15 is 0 Å². The van der Waals surface area contributed by atoms with Crippen molar-refractivity contribution in [3.63, 3.8) is 0 Å². The number of amides is 1. The van der Waals surface area contributed by atoms with Crippen LogP contribution in [0.3, 0.4) is 0 Å². The fraction of sp³-hybridized carbons (Fsp3) is 0.316. The quantitative estimate of drug-likeness (QED) is 0.687. The molecule has 1 amide bonds. The molecule has 2 N–H and O–H groups in total. The van der Waals surface area contributed by atoms with Gasteiger partial charge in [-0.05, 0) is 50.2 Å². The number of alkyl halides is 3. The maximum absolute atomic E-state index is 13.0. The zero-order valence-corrected chi connectivity index (χ0v) is 18.5. The van der Waals surface area contributed by atoms with Crippen LogP contribution in [-0.4, -0.2) is 49.3 Å². The minimum absolute atomic E-state index is 0.0438. The second-order valence-electron chi connectivity index (χ2n) is 7.58. The van der Waals surface area contributed by atoms with Gasteiger partial charge in [0.05, 0.1) is 12.1 Å². The highest BCUT2D eigenvalue weighted by Gasteiger charge is 2.44. The van der Waals surface area contributed by atoms with Crippen molar-refractivity contribution in [2.24, 2.45) is 4.99 Å². The molecule has 3 rings (SSSR count). The molecule has 0 atom stereocenters. The minimum atomic E-state index is -4.94. The Kier molecular flexibility index (Phi) is 6.38. The number of carbonyl (C=O) groups is 1. The molecule has 1 aromatic carbocycles. The fourth-order valence-corrected chi connectivity index (χ4v) is 4.92. The molecule has 1 aliphatic rings. The maximum Gasteiger partial charge on any atom is 0.404 e. The van der Waals surface area contributed by atoms with Crippen molar-refractivity contribution < 1.29 is 26.4 Å². The molecule has 172 valence electrons. The van der Waals surface area contributed by atoms with Gasteiger partial charge in [-0.3, -0.25) is 15.1 Å². The molecule has 0 saturated heterocycles. The Morgan fingerprint density at radius 3 is 2.50 bits per heavy atom. The molecule has 0 radical (unpaired) electrons. The van der Waals surface area contributed by atoms with Gasteiger partial charge in [0.15, 0.2) is 5.75 Å². The number of aliphatic imine (C=N–C) groups is 1. The first-order valence-corrected chi connectivity index (χ1v) is 11.2. The summed E-state index contributed by atoms with van der Waals surface area (Å²) in [5.74, 6) is -2.74. The van der Waals surface area contributed by atoms with Crippen molar-refractivity contribution in [1.29, 1.82) is 0 Å². The van der Waals surface area contributed by atoms with Crippen molar-refractivity contribution in [2.75, 3.05) is 21.9 Å². The van der Waals surface area contributed by atoms with Crippen LogP contribution in [0.1, 0.15) is 24.2 Å². The Morgan fingerprint density at radius 1 is 1.22 bits per heavy atom. The van der Waals surface area contributed by atoms with E-state index in [-0.39, 0.29) is 29.7 Å². The number of nitrogens with zero attached hydrogens (tertiary/aromatic N) is 3. The van der Waals surface area contributed by atoms with Crippen molar-refractivity contribution in [3.05, 3.63) is 53.1 Å². The van der Waals surface area contributed by atoms with Gasteiger partial charge in [0, 0.05) is 10.6 Å². The highest BCUT2D eigenvalue weighted by atomic mass is 35.5. The predicted octanol–water partition coefficient (Wildman–Crippen LogP) is 3.42. The largest absolute Gasteiger partial charge is 0.404 e. The highest BCUT2D eigenvalue weighted by Crippen LogP contribution is 2.31. The van der Waals surface area contributed by atoms with Crippen molar-refractivity contribution >= 4 is 45.1 Å². The summed E-state index contributed by atoms with van der Waals surface area (Å²) < 4.78 is 64.9. The number of halogens is 4. The lowest BCUT2D eigenvalue weighted by molar-refractivity contribution is -0.106. The molecular formula is C19H19ClF3N5O3S. The van der Waals surface area contributed by atoms with E-state index in [2.05, 4.69) is 20.6 Å². The third-order valence-electron chi connectivity index (χ3n) is 4.33. The first-order valence-electron chi connectivity index (χ1n) is 9.22. The number of fused-ring (bicyclic) bond motifs is 2. The number of benzene rings is 1. The van der Waals surface area contributed by atoms with Gasteiger partial charge >= 0.3 is 6.18 Å². The van der Waals surface area contributed by atoms with Crippen molar-refractivity contribution in [3.8, 4) is 0 Å². The Bertz CT molecular complexity index is 1150. The number of hydrogen-bond donors (Lipinski definition) is 2. The molecule has 0 fully saturated rings. The van der Waals surface area contributed by atoms with E-state index < -0.39 is 33.4 Å². The van der Waals surface area contributed by atoms with Crippen LogP contribution < -0.4 is 14.9 Å². The van der Waals surface area contributed by atoms with Gasteiger partial charge in [0.2, 0.25) is 16.0 Å². The van der Waals surface area contributed by atoms with E-state index in [0.29, 0.717) is 9.33 Å². The number of guanidine groups is 1. The summed E-state index contributed by atoms with van der Waals surface area (Å²) in [7, 11) is -4.84. The standard InChI is InChI=1S/C19H19ClF3N5O3S/c1-18(2)10-24-17(27-16(29)12-6-8-13(20)9-7-12)26-14-4-3-5-15(25-14)28(18)32(30,31)11-19(21,22)23/h3-9H,10-11H2,1-2H3,(H2,24,25,26,27,29). The maximum atomic E-state index is 13.0. The third-order valence-corrected chi connectivity index (χ3v) is 6.51. The first kappa shape index (κ1) is 23.8. The van der Waals surface area contributed by atoms with Crippen molar-refractivity contribution in [2.45, 2.75) is 25.6 Å². The lowest BCUT2D eigenvalue weighted by atomic mass is 10.1. The average molecular weight is 490 g/mol. The summed E-state index contributed by atoms with van der Waals surface area (Å²) in [5.41, 5.74) is -1.15. The van der Waals surface area contributed by atoms with Crippen LogP contribution in [0.4, 0.5) is 24.8 Å². The van der Waals surface area contributed by atoms with Gasteiger partial charge in [-0.25, -0.2) is 17.7 Å². The number of sulfonamides is 1. The average Bonchev–Trinajstić information content (AvgIpc) is 2.67. The van der Waals surface area contributed by atoms with Gasteiger partial charge in [0.1, 0.15) is 11.6 Å². The summed E-state index contributed by atoms with van der Waals surface area (Å²) in [4.78, 5) is 20.9. The van der Waals surface area contributed by atoms with Gasteiger partial charge in [-0.15, -0.1) is 0 Å². The normalized spacial score (nSPS) is 16.2. The van der Waals surface area contributed by atoms with Gasteiger partial charge in [-0.2, -0.15) is 13.2 Å². The zero-order valence-electron chi connectivity index (χ0n) is 16.9. The summed E-state index contributed by atoms with van der Waals surface area (Å²) in [6.45, 7) is 2.57. The number of nitrogens with one attached hydrogen (secondary N) is 2. The number of aromatic nitrogens is 1. The molecule has 2 aromatic rings. The molecule has 13 heteroatoms. The lowest BCUT2D eigenvalue weighted by Gasteiger charge is -2.37. The Balaban J connectivity index is 1.98. The molecular weight excluding hydrogens is 471 g/mol. The van der Waals surface area contributed by atoms with Crippen molar-refractivity contribution in [1.82, 2.24) is 10.3 Å². The van der Waals surface area contributed by atoms with Gasteiger partial charge in [-0.1, -0.05) is 17.7 Å². The number of pyridine rings is 1. The Hall–Kier alpha value is -2.86. The van der Waals surface area contributed by atoms with E-state index in [1.54, 1.807) is 0 Å². The van der Waals surface area contributed by atoms with Crippen LogP contribution in [0.5, 0.6) is 0 Å². The summed E-state index contributed by atoms with van der Waals surface area (Å²) in [5, 5.41) is 5.77. The molecule has 32 heavy (non-hydrogen) atoms. The molecule has 0 aliphatic carbocycles. The van der Waals surface area contributed by atoms with Gasteiger partial charge < -0.3 is 5.32 Å². The topological polar surface area (TPSA) is 104 Å². The molecule has 0 saturated carbocycles. The number of hydrogen-bond acceptors (Lipinski definition) is 6. The zero-order chi connectivity index (χ0) is 23.7. The first-order chi connectivity index (χ1) is 14.8. The summed E-state index contributed by atoms with van der Waals surface area (Å²) >= 11 is 5.83.